The third-order valence-electron chi connectivity index (χ3n) is 2.94. The van der Waals surface area contributed by atoms with Crippen molar-refractivity contribution < 1.29 is 14.3 Å². The molecule has 22 heavy (non-hydrogen) atoms. The van der Waals surface area contributed by atoms with E-state index in [0.29, 0.717) is 25.1 Å². The average molecular weight is 300 g/mol. The first kappa shape index (κ1) is 15.9. The number of carbonyl (C=O) groups excluding carboxylic acids is 2. The molecule has 116 valence electrons. The molecule has 1 aliphatic rings. The van der Waals surface area contributed by atoms with Gasteiger partial charge in [-0.2, -0.15) is 0 Å². The minimum atomic E-state index is -0.499. The van der Waals surface area contributed by atoms with Crippen molar-refractivity contribution in [3.05, 3.63) is 34.9 Å². The van der Waals surface area contributed by atoms with Gasteiger partial charge in [0.15, 0.2) is 0 Å². The van der Waals surface area contributed by atoms with Gasteiger partial charge in [0, 0.05) is 30.6 Å². The lowest BCUT2D eigenvalue weighted by Crippen LogP contribution is -2.32. The number of amides is 2. The van der Waals surface area contributed by atoms with Crippen LogP contribution in [0.2, 0.25) is 0 Å². The Bertz CT molecular complexity index is 648. The SMILES string of the molecule is CC(C)(C)OC(=O)NCCC#Cc1ccc2c(c1)C(=O)NC2. The Kier molecular flexibility index (Phi) is 4.71. The van der Waals surface area contributed by atoms with Crippen molar-refractivity contribution in [1.82, 2.24) is 10.6 Å². The van der Waals surface area contributed by atoms with E-state index in [1.54, 1.807) is 6.07 Å². The van der Waals surface area contributed by atoms with E-state index < -0.39 is 11.7 Å². The van der Waals surface area contributed by atoms with Crippen LogP contribution in [0.1, 0.15) is 48.7 Å². The number of alkyl carbamates (subject to hydrolysis) is 1. The maximum absolute atomic E-state index is 11.6. The third-order valence-corrected chi connectivity index (χ3v) is 2.94. The Hall–Kier alpha value is -2.48. The first-order valence-corrected chi connectivity index (χ1v) is 7.22. The van der Waals surface area contributed by atoms with E-state index in [1.807, 2.05) is 32.9 Å². The normalized spacial score (nSPS) is 12.8. The van der Waals surface area contributed by atoms with Gasteiger partial charge in [0.05, 0.1) is 0 Å². The Morgan fingerprint density at radius 3 is 2.91 bits per heavy atom. The molecule has 0 bridgehead atoms. The molecule has 1 aromatic rings. The molecular formula is C17H20N2O3. The van der Waals surface area contributed by atoms with Crippen molar-refractivity contribution in [1.29, 1.82) is 0 Å². The molecular weight excluding hydrogens is 280 g/mol. The van der Waals surface area contributed by atoms with Gasteiger partial charge in [0.2, 0.25) is 0 Å². The van der Waals surface area contributed by atoms with Gasteiger partial charge in [-0.05, 0) is 38.5 Å². The van der Waals surface area contributed by atoms with Gasteiger partial charge in [0.25, 0.3) is 5.91 Å². The molecule has 5 nitrogen and oxygen atoms in total. The number of fused-ring (bicyclic) bond motifs is 1. The summed E-state index contributed by atoms with van der Waals surface area (Å²) in [4.78, 5) is 23.0. The van der Waals surface area contributed by atoms with Crippen molar-refractivity contribution in [2.24, 2.45) is 0 Å². The second-order valence-corrected chi connectivity index (χ2v) is 6.04. The standard InChI is InChI=1S/C17H20N2O3/c1-17(2,3)22-16(21)18-9-5-4-6-12-7-8-13-11-19-15(20)14(13)10-12/h7-8,10H,5,9,11H2,1-3H3,(H,18,21)(H,19,20). The zero-order chi connectivity index (χ0) is 16.2. The molecule has 1 aliphatic heterocycles. The summed E-state index contributed by atoms with van der Waals surface area (Å²) in [6.45, 7) is 6.46. The van der Waals surface area contributed by atoms with E-state index in [9.17, 15) is 9.59 Å². The van der Waals surface area contributed by atoms with Crippen LogP contribution in [0.25, 0.3) is 0 Å². The Morgan fingerprint density at radius 1 is 1.41 bits per heavy atom. The molecule has 2 rings (SSSR count). The van der Waals surface area contributed by atoms with Crippen LogP contribution in [0, 0.1) is 11.8 Å². The number of hydrogen-bond donors (Lipinski definition) is 2. The van der Waals surface area contributed by atoms with Gasteiger partial charge < -0.3 is 15.4 Å². The summed E-state index contributed by atoms with van der Waals surface area (Å²) in [5, 5.41) is 5.42. The lowest BCUT2D eigenvalue weighted by Gasteiger charge is -2.19. The largest absolute Gasteiger partial charge is 0.444 e. The van der Waals surface area contributed by atoms with Gasteiger partial charge >= 0.3 is 6.09 Å². The van der Waals surface area contributed by atoms with E-state index >= 15 is 0 Å². The molecule has 2 N–H and O–H groups in total. The number of hydrogen-bond acceptors (Lipinski definition) is 3. The molecule has 0 aromatic heterocycles. The van der Waals surface area contributed by atoms with E-state index in [0.717, 1.165) is 11.1 Å². The second kappa shape index (κ2) is 6.52. The molecule has 2 amide bonds. The first-order chi connectivity index (χ1) is 10.3. The molecule has 0 fully saturated rings. The Balaban J connectivity index is 1.81. The fourth-order valence-electron chi connectivity index (χ4n) is 2.00. The minimum Gasteiger partial charge on any atom is -0.444 e. The maximum Gasteiger partial charge on any atom is 0.407 e. The molecule has 0 spiro atoms. The van der Waals surface area contributed by atoms with Gasteiger partial charge in [-0.25, -0.2) is 4.79 Å². The first-order valence-electron chi connectivity index (χ1n) is 7.22. The number of nitrogens with one attached hydrogen (secondary N) is 2. The molecule has 0 atom stereocenters. The van der Waals surface area contributed by atoms with E-state index in [4.69, 9.17) is 4.74 Å². The zero-order valence-corrected chi connectivity index (χ0v) is 13.1. The molecule has 0 saturated heterocycles. The van der Waals surface area contributed by atoms with Crippen molar-refractivity contribution in [2.75, 3.05) is 6.54 Å². The van der Waals surface area contributed by atoms with E-state index in [2.05, 4.69) is 22.5 Å². The van der Waals surface area contributed by atoms with Gasteiger partial charge in [-0.3, -0.25) is 4.79 Å². The van der Waals surface area contributed by atoms with Crippen LogP contribution >= 0.6 is 0 Å². The number of rotatable bonds is 2. The predicted octanol–water partition coefficient (Wildman–Crippen LogP) is 2.20. The highest BCUT2D eigenvalue weighted by atomic mass is 16.6. The summed E-state index contributed by atoms with van der Waals surface area (Å²) in [6, 6.07) is 5.61. The highest BCUT2D eigenvalue weighted by Crippen LogP contribution is 2.16. The van der Waals surface area contributed by atoms with Crippen molar-refractivity contribution in [2.45, 2.75) is 39.3 Å². The summed E-state index contributed by atoms with van der Waals surface area (Å²) in [6.07, 6.45) is 0.0752. The fourth-order valence-corrected chi connectivity index (χ4v) is 2.00. The number of ether oxygens (including phenoxy) is 1. The average Bonchev–Trinajstić information content (AvgIpc) is 2.78. The van der Waals surface area contributed by atoms with Crippen molar-refractivity contribution in [3.63, 3.8) is 0 Å². The van der Waals surface area contributed by atoms with Gasteiger partial charge in [-0.1, -0.05) is 17.9 Å². The second-order valence-electron chi connectivity index (χ2n) is 6.04. The van der Waals surface area contributed by atoms with Crippen LogP contribution in [0.4, 0.5) is 4.79 Å². The summed E-state index contributed by atoms with van der Waals surface area (Å²) < 4.78 is 5.12. The number of benzene rings is 1. The van der Waals surface area contributed by atoms with Gasteiger partial charge in [-0.15, -0.1) is 0 Å². The molecule has 1 aromatic carbocycles. The maximum atomic E-state index is 11.6. The van der Waals surface area contributed by atoms with Gasteiger partial charge in [0.1, 0.15) is 5.60 Å². The topological polar surface area (TPSA) is 67.4 Å². The van der Waals surface area contributed by atoms with E-state index in [-0.39, 0.29) is 5.91 Å². The van der Waals surface area contributed by atoms with Crippen LogP contribution < -0.4 is 10.6 Å². The highest BCUT2D eigenvalue weighted by molar-refractivity contribution is 5.98. The fraction of sp³-hybridized carbons (Fsp3) is 0.412. The smallest absolute Gasteiger partial charge is 0.407 e. The Labute approximate surface area is 130 Å². The Morgan fingerprint density at radius 2 is 2.18 bits per heavy atom. The zero-order valence-electron chi connectivity index (χ0n) is 13.1. The van der Waals surface area contributed by atoms with Crippen LogP contribution in [-0.4, -0.2) is 24.1 Å². The van der Waals surface area contributed by atoms with Crippen LogP contribution in [0.5, 0.6) is 0 Å². The monoisotopic (exact) mass is 300 g/mol. The lowest BCUT2D eigenvalue weighted by molar-refractivity contribution is 0.0529. The summed E-state index contributed by atoms with van der Waals surface area (Å²) >= 11 is 0. The van der Waals surface area contributed by atoms with Crippen LogP contribution in [0.3, 0.4) is 0 Å². The molecule has 0 aliphatic carbocycles. The van der Waals surface area contributed by atoms with Crippen LogP contribution in [-0.2, 0) is 11.3 Å². The van der Waals surface area contributed by atoms with Crippen molar-refractivity contribution in [3.8, 4) is 11.8 Å². The summed E-state index contributed by atoms with van der Waals surface area (Å²) in [5.41, 5.74) is 2.00. The third kappa shape index (κ3) is 4.52. The lowest BCUT2D eigenvalue weighted by atomic mass is 10.1. The van der Waals surface area contributed by atoms with Crippen LogP contribution in [0.15, 0.2) is 18.2 Å². The summed E-state index contributed by atoms with van der Waals surface area (Å²) in [7, 11) is 0. The quantitative estimate of drug-likeness (QED) is 0.650. The molecule has 5 heteroatoms. The molecule has 0 saturated carbocycles. The minimum absolute atomic E-state index is 0.0507. The molecule has 0 radical (unpaired) electrons. The predicted molar refractivity (Wildman–Crippen MR) is 83.3 cm³/mol. The highest BCUT2D eigenvalue weighted by Gasteiger charge is 2.18. The number of carbonyl (C=O) groups is 2. The summed E-state index contributed by atoms with van der Waals surface area (Å²) in [5.74, 6) is 5.92. The van der Waals surface area contributed by atoms with E-state index in [1.165, 1.54) is 0 Å². The molecule has 1 heterocycles. The van der Waals surface area contributed by atoms with Crippen molar-refractivity contribution >= 4 is 12.0 Å². The molecule has 0 unspecified atom stereocenters.